The van der Waals surface area contributed by atoms with Crippen LogP contribution in [0.3, 0.4) is 0 Å². The number of likely N-dealkylation sites (tertiary alicyclic amines) is 1. The first kappa shape index (κ1) is 16.1. The van der Waals surface area contributed by atoms with Gasteiger partial charge in [-0.1, -0.05) is 26.7 Å². The smallest absolute Gasteiger partial charge is 0.222 e. The van der Waals surface area contributed by atoms with Crippen LogP contribution in [-0.2, 0) is 4.79 Å². The van der Waals surface area contributed by atoms with Crippen molar-refractivity contribution < 1.29 is 4.79 Å². The molecule has 0 bridgehead atoms. The van der Waals surface area contributed by atoms with Crippen molar-refractivity contribution in [2.24, 2.45) is 10.4 Å². The molecular weight excluding hydrogens is 264 g/mol. The summed E-state index contributed by atoms with van der Waals surface area (Å²) < 4.78 is 0. The summed E-state index contributed by atoms with van der Waals surface area (Å²) in [7, 11) is 1.82. The number of carbonyl (C=O) groups is 1. The number of rotatable bonds is 4. The van der Waals surface area contributed by atoms with Gasteiger partial charge in [-0.25, -0.2) is 0 Å². The van der Waals surface area contributed by atoms with Crippen LogP contribution in [-0.4, -0.2) is 49.5 Å². The maximum Gasteiger partial charge on any atom is 0.222 e. The van der Waals surface area contributed by atoms with Crippen molar-refractivity contribution in [3.63, 3.8) is 0 Å². The van der Waals surface area contributed by atoms with Crippen LogP contribution < -0.4 is 10.6 Å². The minimum Gasteiger partial charge on any atom is -0.356 e. The van der Waals surface area contributed by atoms with Crippen molar-refractivity contribution >= 4 is 11.9 Å². The Labute approximate surface area is 128 Å². The van der Waals surface area contributed by atoms with Gasteiger partial charge in [-0.15, -0.1) is 0 Å². The first-order valence-corrected chi connectivity index (χ1v) is 8.31. The summed E-state index contributed by atoms with van der Waals surface area (Å²) in [5.41, 5.74) is 0.414. The van der Waals surface area contributed by atoms with Crippen molar-refractivity contribution in [2.75, 3.05) is 26.7 Å². The Balaban J connectivity index is 1.77. The fraction of sp³-hybridized carbons (Fsp3) is 0.875. The number of hydrogen-bond acceptors (Lipinski definition) is 2. The van der Waals surface area contributed by atoms with Crippen molar-refractivity contribution in [3.8, 4) is 0 Å². The van der Waals surface area contributed by atoms with Crippen LogP contribution in [0, 0.1) is 5.41 Å². The Bertz CT molecular complexity index is 388. The number of hydrogen-bond donors (Lipinski definition) is 2. The largest absolute Gasteiger partial charge is 0.356 e. The van der Waals surface area contributed by atoms with E-state index in [-0.39, 0.29) is 5.91 Å². The van der Waals surface area contributed by atoms with Gasteiger partial charge in [0.05, 0.1) is 0 Å². The van der Waals surface area contributed by atoms with E-state index in [0.717, 1.165) is 32.0 Å². The number of nitrogens with zero attached hydrogens (tertiary/aromatic N) is 2. The summed E-state index contributed by atoms with van der Waals surface area (Å²) in [5.74, 6) is 1.12. The number of aliphatic imine (C=N–C) groups is 1. The molecule has 1 unspecified atom stereocenters. The Kier molecular flexibility index (Phi) is 5.48. The van der Waals surface area contributed by atoms with Gasteiger partial charge < -0.3 is 15.5 Å². The van der Waals surface area contributed by atoms with E-state index in [1.807, 2.05) is 18.9 Å². The molecule has 0 aromatic rings. The predicted molar refractivity (Wildman–Crippen MR) is 86.3 cm³/mol. The molecule has 1 saturated heterocycles. The Morgan fingerprint density at radius 3 is 2.71 bits per heavy atom. The number of amides is 1. The van der Waals surface area contributed by atoms with Crippen LogP contribution in [0.2, 0.25) is 0 Å². The van der Waals surface area contributed by atoms with Crippen molar-refractivity contribution in [3.05, 3.63) is 0 Å². The first-order valence-electron chi connectivity index (χ1n) is 8.31. The quantitative estimate of drug-likeness (QED) is 0.613. The first-order chi connectivity index (χ1) is 10.1. The molecule has 2 fully saturated rings. The van der Waals surface area contributed by atoms with Gasteiger partial charge in [-0.3, -0.25) is 9.79 Å². The van der Waals surface area contributed by atoms with Gasteiger partial charge in [0.25, 0.3) is 0 Å². The van der Waals surface area contributed by atoms with Crippen molar-refractivity contribution in [1.82, 2.24) is 15.5 Å². The third-order valence-electron chi connectivity index (χ3n) is 4.90. The van der Waals surface area contributed by atoms with Gasteiger partial charge in [0, 0.05) is 39.1 Å². The van der Waals surface area contributed by atoms with Crippen LogP contribution in [0.5, 0.6) is 0 Å². The SMILES string of the molecule is CCC(=O)N1CCC(NC(=NC)NCC2(C)CCCC2)C1. The fourth-order valence-corrected chi connectivity index (χ4v) is 3.42. The second-order valence-electron chi connectivity index (χ2n) is 6.77. The lowest BCUT2D eigenvalue weighted by Crippen LogP contribution is -2.47. The molecule has 21 heavy (non-hydrogen) atoms. The minimum atomic E-state index is 0.251. The van der Waals surface area contributed by atoms with E-state index < -0.39 is 0 Å². The van der Waals surface area contributed by atoms with Gasteiger partial charge in [-0.2, -0.15) is 0 Å². The zero-order valence-corrected chi connectivity index (χ0v) is 13.7. The number of carbonyl (C=O) groups excluding carboxylic acids is 1. The summed E-state index contributed by atoms with van der Waals surface area (Å²) in [4.78, 5) is 18.0. The van der Waals surface area contributed by atoms with Crippen LogP contribution >= 0.6 is 0 Å². The van der Waals surface area contributed by atoms with E-state index in [2.05, 4.69) is 22.5 Å². The van der Waals surface area contributed by atoms with Crippen LogP contribution in [0.25, 0.3) is 0 Å². The standard InChI is InChI=1S/C16H30N4O/c1-4-14(21)20-10-7-13(11-20)19-15(17-3)18-12-16(2)8-5-6-9-16/h13H,4-12H2,1-3H3,(H2,17,18,19). The molecule has 1 aliphatic carbocycles. The zero-order chi connectivity index (χ0) is 15.3. The van der Waals surface area contributed by atoms with Crippen LogP contribution in [0.1, 0.15) is 52.4 Å². The Morgan fingerprint density at radius 1 is 1.38 bits per heavy atom. The third-order valence-corrected chi connectivity index (χ3v) is 4.90. The molecule has 2 N–H and O–H groups in total. The van der Waals surface area contributed by atoms with E-state index in [1.54, 1.807) is 0 Å². The Morgan fingerprint density at radius 2 is 2.10 bits per heavy atom. The number of nitrogens with one attached hydrogen (secondary N) is 2. The highest BCUT2D eigenvalue weighted by molar-refractivity contribution is 5.80. The maximum atomic E-state index is 11.7. The maximum absolute atomic E-state index is 11.7. The molecule has 120 valence electrons. The fourth-order valence-electron chi connectivity index (χ4n) is 3.42. The third kappa shape index (κ3) is 4.35. The lowest BCUT2D eigenvalue weighted by molar-refractivity contribution is -0.129. The van der Waals surface area contributed by atoms with E-state index in [4.69, 9.17) is 0 Å². The molecule has 1 saturated carbocycles. The summed E-state index contributed by atoms with van der Waals surface area (Å²) >= 11 is 0. The lowest BCUT2D eigenvalue weighted by Gasteiger charge is -2.26. The summed E-state index contributed by atoms with van der Waals surface area (Å²) in [6.07, 6.45) is 6.90. The number of guanidine groups is 1. The topological polar surface area (TPSA) is 56.7 Å². The molecule has 5 heteroatoms. The molecular formula is C16H30N4O. The van der Waals surface area contributed by atoms with E-state index in [1.165, 1.54) is 25.7 Å². The zero-order valence-electron chi connectivity index (χ0n) is 13.7. The summed E-state index contributed by atoms with van der Waals surface area (Å²) in [6, 6.07) is 0.322. The summed E-state index contributed by atoms with van der Waals surface area (Å²) in [6.45, 7) is 6.92. The molecule has 5 nitrogen and oxygen atoms in total. The van der Waals surface area contributed by atoms with Gasteiger partial charge in [0.15, 0.2) is 5.96 Å². The molecule has 1 amide bonds. The molecule has 0 aromatic heterocycles. The lowest BCUT2D eigenvalue weighted by atomic mass is 9.89. The highest BCUT2D eigenvalue weighted by atomic mass is 16.2. The normalized spacial score (nSPS) is 25.2. The molecule has 0 spiro atoms. The van der Waals surface area contributed by atoms with Gasteiger partial charge in [0.1, 0.15) is 0 Å². The van der Waals surface area contributed by atoms with Crippen LogP contribution in [0.4, 0.5) is 0 Å². The molecule has 0 radical (unpaired) electrons. The van der Waals surface area contributed by atoms with Gasteiger partial charge >= 0.3 is 0 Å². The minimum absolute atomic E-state index is 0.251. The van der Waals surface area contributed by atoms with E-state index in [0.29, 0.717) is 17.9 Å². The molecule has 2 aliphatic rings. The molecule has 1 aliphatic heterocycles. The van der Waals surface area contributed by atoms with Gasteiger partial charge in [-0.05, 0) is 24.7 Å². The van der Waals surface area contributed by atoms with Gasteiger partial charge in [0.2, 0.25) is 5.91 Å². The highest BCUT2D eigenvalue weighted by Gasteiger charge is 2.29. The highest BCUT2D eigenvalue weighted by Crippen LogP contribution is 2.36. The molecule has 0 aromatic carbocycles. The van der Waals surface area contributed by atoms with Crippen molar-refractivity contribution in [1.29, 1.82) is 0 Å². The second kappa shape index (κ2) is 7.14. The van der Waals surface area contributed by atoms with Crippen LogP contribution in [0.15, 0.2) is 4.99 Å². The van der Waals surface area contributed by atoms with E-state index >= 15 is 0 Å². The predicted octanol–water partition coefficient (Wildman–Crippen LogP) is 1.74. The monoisotopic (exact) mass is 294 g/mol. The average molecular weight is 294 g/mol. The molecule has 1 heterocycles. The van der Waals surface area contributed by atoms with E-state index in [9.17, 15) is 4.79 Å². The van der Waals surface area contributed by atoms with Crippen molar-refractivity contribution in [2.45, 2.75) is 58.4 Å². The average Bonchev–Trinajstić information content (AvgIpc) is 3.12. The molecule has 2 rings (SSSR count). The Hall–Kier alpha value is -1.26. The second-order valence-corrected chi connectivity index (χ2v) is 6.77. The molecule has 1 atom stereocenters. The summed E-state index contributed by atoms with van der Waals surface area (Å²) in [5, 5.41) is 6.93.